The summed E-state index contributed by atoms with van der Waals surface area (Å²) in [5.74, 6) is 0.572. The average molecular weight is 238 g/mol. The predicted molar refractivity (Wildman–Crippen MR) is 74.1 cm³/mol. The van der Waals surface area contributed by atoms with E-state index >= 15 is 0 Å². The first kappa shape index (κ1) is 12.0. The Morgan fingerprint density at radius 2 is 1.50 bits per heavy atom. The van der Waals surface area contributed by atoms with Gasteiger partial charge in [0.25, 0.3) is 0 Å². The maximum absolute atomic E-state index is 4.12. The largest absolute Gasteiger partial charge is 0.277 e. The van der Waals surface area contributed by atoms with Gasteiger partial charge in [0, 0.05) is 0 Å². The van der Waals surface area contributed by atoms with E-state index in [1.807, 2.05) is 60.7 Å². The molecule has 0 aliphatic carbocycles. The fourth-order valence-corrected chi connectivity index (χ4v) is 1.31. The fourth-order valence-electron chi connectivity index (χ4n) is 1.31. The van der Waals surface area contributed by atoms with Crippen LogP contribution in [0.5, 0.6) is 0 Å². The van der Waals surface area contributed by atoms with Gasteiger partial charge in [-0.2, -0.15) is 5.10 Å². The number of anilines is 1. The Labute approximate surface area is 106 Å². The standard InChI is InChI=1S/C14H14N4/c1-12(15-17-13-8-4-2-5-9-13)16-18-14-10-6-3-7-11-14/h2-11,17H,1H3/b15-12+,18-16?. The van der Waals surface area contributed by atoms with Gasteiger partial charge < -0.3 is 0 Å². The van der Waals surface area contributed by atoms with E-state index in [1.165, 1.54) is 0 Å². The summed E-state index contributed by atoms with van der Waals surface area (Å²) in [6, 6.07) is 19.3. The van der Waals surface area contributed by atoms with Crippen molar-refractivity contribution < 1.29 is 0 Å². The van der Waals surface area contributed by atoms with Gasteiger partial charge >= 0.3 is 0 Å². The molecule has 0 saturated carbocycles. The number of benzene rings is 2. The quantitative estimate of drug-likeness (QED) is 0.370. The maximum Gasteiger partial charge on any atom is 0.167 e. The molecule has 0 heterocycles. The number of hydrogen-bond acceptors (Lipinski definition) is 3. The number of rotatable bonds is 3. The van der Waals surface area contributed by atoms with Crippen LogP contribution in [-0.2, 0) is 0 Å². The summed E-state index contributed by atoms with van der Waals surface area (Å²) in [6.07, 6.45) is 0. The van der Waals surface area contributed by atoms with Gasteiger partial charge in [-0.15, -0.1) is 10.2 Å². The molecule has 4 nitrogen and oxygen atoms in total. The summed E-state index contributed by atoms with van der Waals surface area (Å²) in [7, 11) is 0. The normalized spacial score (nSPS) is 11.7. The highest BCUT2D eigenvalue weighted by molar-refractivity contribution is 5.80. The minimum absolute atomic E-state index is 0.572. The molecule has 0 bridgehead atoms. The minimum atomic E-state index is 0.572. The van der Waals surface area contributed by atoms with Gasteiger partial charge in [0.1, 0.15) is 0 Å². The fraction of sp³-hybridized carbons (Fsp3) is 0.0714. The third kappa shape index (κ3) is 3.83. The predicted octanol–water partition coefficient (Wildman–Crippen LogP) is 4.22. The topological polar surface area (TPSA) is 49.1 Å². The molecule has 0 aromatic heterocycles. The van der Waals surface area contributed by atoms with Crippen LogP contribution in [0.3, 0.4) is 0 Å². The second kappa shape index (κ2) is 6.30. The van der Waals surface area contributed by atoms with E-state index < -0.39 is 0 Å². The molecule has 0 unspecified atom stereocenters. The molecule has 0 amide bonds. The molecule has 18 heavy (non-hydrogen) atoms. The van der Waals surface area contributed by atoms with Crippen LogP contribution < -0.4 is 5.43 Å². The third-order valence-electron chi connectivity index (χ3n) is 2.19. The van der Waals surface area contributed by atoms with Crippen molar-refractivity contribution in [1.82, 2.24) is 0 Å². The Hall–Kier alpha value is -2.49. The average Bonchev–Trinajstić information content (AvgIpc) is 2.45. The lowest BCUT2D eigenvalue weighted by molar-refractivity contribution is 1.22. The van der Waals surface area contributed by atoms with Crippen molar-refractivity contribution in [2.45, 2.75) is 6.92 Å². The summed E-state index contributed by atoms with van der Waals surface area (Å²) in [4.78, 5) is 0. The van der Waals surface area contributed by atoms with Gasteiger partial charge in [0.2, 0.25) is 0 Å². The number of para-hydroxylation sites is 1. The highest BCUT2D eigenvalue weighted by atomic mass is 15.3. The van der Waals surface area contributed by atoms with Crippen LogP contribution in [0, 0.1) is 0 Å². The molecule has 0 aliphatic heterocycles. The van der Waals surface area contributed by atoms with Crippen molar-refractivity contribution in [2.75, 3.05) is 5.43 Å². The first-order valence-electron chi connectivity index (χ1n) is 5.67. The lowest BCUT2D eigenvalue weighted by Crippen LogP contribution is -1.93. The van der Waals surface area contributed by atoms with E-state index in [-0.39, 0.29) is 0 Å². The van der Waals surface area contributed by atoms with Crippen LogP contribution in [0.2, 0.25) is 0 Å². The van der Waals surface area contributed by atoms with Crippen molar-refractivity contribution in [3.05, 3.63) is 60.7 Å². The van der Waals surface area contributed by atoms with E-state index in [4.69, 9.17) is 0 Å². The lowest BCUT2D eigenvalue weighted by Gasteiger charge is -1.98. The Morgan fingerprint density at radius 1 is 0.889 bits per heavy atom. The van der Waals surface area contributed by atoms with Crippen molar-refractivity contribution >= 4 is 17.2 Å². The summed E-state index contributed by atoms with van der Waals surface area (Å²) < 4.78 is 0. The molecule has 2 rings (SSSR count). The smallest absolute Gasteiger partial charge is 0.167 e. The molecule has 1 N–H and O–H groups in total. The van der Waals surface area contributed by atoms with E-state index in [2.05, 4.69) is 20.8 Å². The zero-order valence-corrected chi connectivity index (χ0v) is 10.1. The van der Waals surface area contributed by atoms with Crippen LogP contribution in [0.1, 0.15) is 6.92 Å². The highest BCUT2D eigenvalue weighted by Crippen LogP contribution is 2.10. The first-order chi connectivity index (χ1) is 8.84. The summed E-state index contributed by atoms with van der Waals surface area (Å²) in [6.45, 7) is 1.79. The molecule has 0 saturated heterocycles. The monoisotopic (exact) mass is 238 g/mol. The third-order valence-corrected chi connectivity index (χ3v) is 2.19. The van der Waals surface area contributed by atoms with Gasteiger partial charge in [-0.05, 0) is 31.2 Å². The zero-order valence-electron chi connectivity index (χ0n) is 10.1. The van der Waals surface area contributed by atoms with E-state index in [9.17, 15) is 0 Å². The Kier molecular flexibility index (Phi) is 4.19. The minimum Gasteiger partial charge on any atom is -0.277 e. The maximum atomic E-state index is 4.12. The summed E-state index contributed by atoms with van der Waals surface area (Å²) in [5.41, 5.74) is 4.65. The van der Waals surface area contributed by atoms with E-state index in [1.54, 1.807) is 6.92 Å². The number of nitrogens with zero attached hydrogens (tertiary/aromatic N) is 3. The number of amidine groups is 1. The van der Waals surface area contributed by atoms with E-state index in [0.717, 1.165) is 11.4 Å². The number of nitrogens with one attached hydrogen (secondary N) is 1. The number of hydrogen-bond donors (Lipinski definition) is 1. The Morgan fingerprint density at radius 3 is 2.17 bits per heavy atom. The summed E-state index contributed by atoms with van der Waals surface area (Å²) in [5, 5.41) is 12.2. The van der Waals surface area contributed by atoms with E-state index in [0.29, 0.717) is 5.84 Å². The molecule has 4 heteroatoms. The molecule has 0 aliphatic rings. The molecule has 0 fully saturated rings. The van der Waals surface area contributed by atoms with Crippen molar-refractivity contribution in [2.24, 2.45) is 15.3 Å². The SMILES string of the molecule is C/C(N=Nc1ccccc1)=N\Nc1ccccc1. The van der Waals surface area contributed by atoms with Gasteiger partial charge in [0.05, 0.1) is 11.4 Å². The summed E-state index contributed by atoms with van der Waals surface area (Å²) >= 11 is 0. The lowest BCUT2D eigenvalue weighted by atomic mass is 10.3. The molecule has 0 radical (unpaired) electrons. The van der Waals surface area contributed by atoms with Gasteiger partial charge in [-0.1, -0.05) is 36.4 Å². The van der Waals surface area contributed by atoms with Crippen LogP contribution in [0.25, 0.3) is 0 Å². The van der Waals surface area contributed by atoms with Crippen molar-refractivity contribution in [3.63, 3.8) is 0 Å². The van der Waals surface area contributed by atoms with Crippen LogP contribution in [0.4, 0.5) is 11.4 Å². The van der Waals surface area contributed by atoms with Crippen molar-refractivity contribution in [3.8, 4) is 0 Å². The Balaban J connectivity index is 1.96. The molecule has 0 spiro atoms. The van der Waals surface area contributed by atoms with Gasteiger partial charge in [0.15, 0.2) is 5.84 Å². The van der Waals surface area contributed by atoms with Crippen LogP contribution in [0.15, 0.2) is 76.0 Å². The van der Waals surface area contributed by atoms with Crippen LogP contribution in [-0.4, -0.2) is 5.84 Å². The van der Waals surface area contributed by atoms with Crippen LogP contribution >= 0.6 is 0 Å². The molecule has 2 aromatic carbocycles. The van der Waals surface area contributed by atoms with Gasteiger partial charge in [-0.3, -0.25) is 5.43 Å². The second-order valence-corrected chi connectivity index (χ2v) is 3.67. The molecule has 90 valence electrons. The second-order valence-electron chi connectivity index (χ2n) is 3.67. The molecular formula is C14H14N4. The highest BCUT2D eigenvalue weighted by Gasteiger charge is 1.89. The van der Waals surface area contributed by atoms with Gasteiger partial charge in [-0.25, -0.2) is 0 Å². The molecular weight excluding hydrogens is 224 g/mol. The van der Waals surface area contributed by atoms with Crippen molar-refractivity contribution in [1.29, 1.82) is 0 Å². The Bertz CT molecular complexity index is 532. The zero-order chi connectivity index (χ0) is 12.6. The number of azo groups is 1. The first-order valence-corrected chi connectivity index (χ1v) is 5.67. The number of hydrazone groups is 1. The molecule has 0 atom stereocenters. The molecule has 2 aromatic rings.